The lowest BCUT2D eigenvalue weighted by Crippen LogP contribution is -2.50. The zero-order chi connectivity index (χ0) is 10.1. The van der Waals surface area contributed by atoms with E-state index >= 15 is 0 Å². The van der Waals surface area contributed by atoms with E-state index in [1.807, 2.05) is 0 Å². The summed E-state index contributed by atoms with van der Waals surface area (Å²) in [7, 11) is 1.67. The van der Waals surface area contributed by atoms with Crippen LogP contribution in [-0.2, 0) is 7.05 Å². The van der Waals surface area contributed by atoms with Crippen LogP contribution in [0.3, 0.4) is 0 Å². The third-order valence-corrected chi connectivity index (χ3v) is 2.06. The van der Waals surface area contributed by atoms with Crippen LogP contribution in [0, 0.1) is 10.1 Å². The van der Waals surface area contributed by atoms with E-state index in [9.17, 15) is 10.1 Å². The summed E-state index contributed by atoms with van der Waals surface area (Å²) in [5.41, 5.74) is 0. The molecule has 14 heavy (non-hydrogen) atoms. The number of nitro groups is 1. The molecule has 7 nitrogen and oxygen atoms in total. The van der Waals surface area contributed by atoms with Crippen molar-refractivity contribution >= 4 is 5.82 Å². The number of rotatable bonds is 3. The van der Waals surface area contributed by atoms with E-state index < -0.39 is 4.92 Å². The average molecular weight is 198 g/mol. The first-order chi connectivity index (χ1) is 6.68. The quantitative estimate of drug-likeness (QED) is 0.531. The molecule has 0 aromatic carbocycles. The molecule has 0 bridgehead atoms. The monoisotopic (exact) mass is 198 g/mol. The van der Waals surface area contributed by atoms with Crippen LogP contribution in [0.25, 0.3) is 0 Å². The Labute approximate surface area is 79.8 Å². The van der Waals surface area contributed by atoms with Gasteiger partial charge in [-0.1, -0.05) is 0 Å². The van der Waals surface area contributed by atoms with Gasteiger partial charge in [0.2, 0.25) is 6.33 Å². The lowest BCUT2D eigenvalue weighted by molar-refractivity contribution is -0.390. The predicted octanol–water partition coefficient (Wildman–Crippen LogP) is -0.321. The number of imidazole rings is 1. The molecule has 1 N–H and O–H groups in total. The van der Waals surface area contributed by atoms with E-state index in [-0.39, 0.29) is 17.8 Å². The molecule has 1 fully saturated rings. The maximum absolute atomic E-state index is 10.6. The minimum Gasteiger partial charge on any atom is -0.467 e. The molecule has 0 radical (unpaired) electrons. The molecule has 7 heteroatoms. The van der Waals surface area contributed by atoms with E-state index in [0.717, 1.165) is 13.1 Å². The predicted molar refractivity (Wildman–Crippen MR) is 47.1 cm³/mol. The minimum absolute atomic E-state index is 0.0177. The second-order valence-corrected chi connectivity index (χ2v) is 3.14. The summed E-state index contributed by atoms with van der Waals surface area (Å²) in [6.07, 6.45) is 1.39. The van der Waals surface area contributed by atoms with Crippen molar-refractivity contribution < 1.29 is 9.66 Å². The van der Waals surface area contributed by atoms with Crippen LogP contribution in [0.2, 0.25) is 0 Å². The van der Waals surface area contributed by atoms with Crippen LogP contribution >= 0.6 is 0 Å². The minimum atomic E-state index is -0.540. The fourth-order valence-electron chi connectivity index (χ4n) is 1.17. The Hall–Kier alpha value is -1.63. The average Bonchev–Trinajstić information content (AvgIpc) is 2.40. The fourth-order valence-corrected chi connectivity index (χ4v) is 1.17. The molecule has 1 aromatic heterocycles. The standard InChI is InChI=1S/C7H10N4O3/c1-10-4-9-6(11(12)13)7(10)14-5-2-8-3-5/h4-5,8H,2-3H2,1H3. The third-order valence-electron chi connectivity index (χ3n) is 2.06. The van der Waals surface area contributed by atoms with Crippen molar-refractivity contribution in [2.45, 2.75) is 6.10 Å². The number of hydrogen-bond donors (Lipinski definition) is 1. The lowest BCUT2D eigenvalue weighted by Gasteiger charge is -2.26. The first-order valence-corrected chi connectivity index (χ1v) is 4.21. The highest BCUT2D eigenvalue weighted by Gasteiger charge is 2.27. The highest BCUT2D eigenvalue weighted by atomic mass is 16.6. The molecule has 2 rings (SSSR count). The number of aromatic nitrogens is 2. The second-order valence-electron chi connectivity index (χ2n) is 3.14. The summed E-state index contributed by atoms with van der Waals surface area (Å²) in [5, 5.41) is 13.6. The maximum Gasteiger partial charge on any atom is 0.426 e. The van der Waals surface area contributed by atoms with Crippen molar-refractivity contribution in [3.8, 4) is 5.88 Å². The van der Waals surface area contributed by atoms with Gasteiger partial charge in [0, 0.05) is 20.1 Å². The summed E-state index contributed by atoms with van der Waals surface area (Å²) in [4.78, 5) is 13.7. The Morgan fingerprint density at radius 1 is 1.79 bits per heavy atom. The van der Waals surface area contributed by atoms with E-state index in [2.05, 4.69) is 10.3 Å². The molecule has 0 aliphatic carbocycles. The second kappa shape index (κ2) is 3.26. The molecule has 1 aliphatic heterocycles. The highest BCUT2D eigenvalue weighted by molar-refractivity contribution is 5.33. The molecule has 1 saturated heterocycles. The largest absolute Gasteiger partial charge is 0.467 e. The lowest BCUT2D eigenvalue weighted by atomic mass is 10.2. The number of hydrogen-bond acceptors (Lipinski definition) is 5. The van der Waals surface area contributed by atoms with E-state index in [0.29, 0.717) is 0 Å². The van der Waals surface area contributed by atoms with Gasteiger partial charge in [0.25, 0.3) is 5.88 Å². The molecule has 0 amide bonds. The summed E-state index contributed by atoms with van der Waals surface area (Å²) < 4.78 is 6.92. The topological polar surface area (TPSA) is 82.2 Å². The van der Waals surface area contributed by atoms with Gasteiger partial charge in [0.1, 0.15) is 6.10 Å². The van der Waals surface area contributed by atoms with Crippen LogP contribution in [0.4, 0.5) is 5.82 Å². The normalized spacial score (nSPS) is 16.4. The zero-order valence-electron chi connectivity index (χ0n) is 7.64. The van der Waals surface area contributed by atoms with Crippen LogP contribution in [0.15, 0.2) is 6.33 Å². The van der Waals surface area contributed by atoms with Gasteiger partial charge in [-0.05, 0) is 9.91 Å². The Bertz CT molecular complexity index is 358. The molecule has 0 unspecified atom stereocenters. The van der Waals surface area contributed by atoms with Gasteiger partial charge in [0.15, 0.2) is 0 Å². The SMILES string of the molecule is Cn1cnc([N+](=O)[O-])c1OC1CNC1. The van der Waals surface area contributed by atoms with Gasteiger partial charge in [0.05, 0.1) is 0 Å². The molecule has 0 atom stereocenters. The summed E-state index contributed by atoms with van der Waals surface area (Å²) in [6.45, 7) is 1.45. The molecule has 0 spiro atoms. The van der Waals surface area contributed by atoms with Crippen LogP contribution in [0.1, 0.15) is 0 Å². The van der Waals surface area contributed by atoms with Crippen molar-refractivity contribution in [3.05, 3.63) is 16.4 Å². The molecule has 0 saturated carbocycles. The third kappa shape index (κ3) is 1.41. The smallest absolute Gasteiger partial charge is 0.426 e. The van der Waals surface area contributed by atoms with Crippen LogP contribution in [0.5, 0.6) is 5.88 Å². The van der Waals surface area contributed by atoms with E-state index in [4.69, 9.17) is 4.74 Å². The van der Waals surface area contributed by atoms with Gasteiger partial charge in [-0.3, -0.25) is 4.57 Å². The van der Waals surface area contributed by atoms with Crippen molar-refractivity contribution in [2.75, 3.05) is 13.1 Å². The number of ether oxygens (including phenoxy) is 1. The van der Waals surface area contributed by atoms with Gasteiger partial charge in [-0.25, -0.2) is 0 Å². The molecule has 76 valence electrons. The van der Waals surface area contributed by atoms with Crippen molar-refractivity contribution in [2.24, 2.45) is 7.05 Å². The Balaban J connectivity index is 2.20. The maximum atomic E-state index is 10.6. The Morgan fingerprint density at radius 3 is 3.00 bits per heavy atom. The number of nitrogens with one attached hydrogen (secondary N) is 1. The Morgan fingerprint density at radius 2 is 2.50 bits per heavy atom. The summed E-state index contributed by atoms with van der Waals surface area (Å²) in [6, 6.07) is 0. The number of nitrogens with zero attached hydrogens (tertiary/aromatic N) is 3. The highest BCUT2D eigenvalue weighted by Crippen LogP contribution is 2.25. The van der Waals surface area contributed by atoms with Crippen molar-refractivity contribution in [1.82, 2.24) is 14.9 Å². The first-order valence-electron chi connectivity index (χ1n) is 4.21. The van der Waals surface area contributed by atoms with Crippen LogP contribution in [-0.4, -0.2) is 33.7 Å². The molecule has 1 aromatic rings. The summed E-state index contributed by atoms with van der Waals surface area (Å²) in [5.74, 6) is 0.000833. The van der Waals surface area contributed by atoms with Crippen molar-refractivity contribution in [3.63, 3.8) is 0 Å². The van der Waals surface area contributed by atoms with E-state index in [1.165, 1.54) is 10.9 Å². The van der Waals surface area contributed by atoms with Gasteiger partial charge in [-0.2, -0.15) is 0 Å². The fraction of sp³-hybridized carbons (Fsp3) is 0.571. The molecule has 1 aliphatic rings. The number of aryl methyl sites for hydroxylation is 1. The van der Waals surface area contributed by atoms with Crippen LogP contribution < -0.4 is 10.1 Å². The Kier molecular flexibility index (Phi) is 2.08. The zero-order valence-corrected chi connectivity index (χ0v) is 7.64. The van der Waals surface area contributed by atoms with Gasteiger partial charge >= 0.3 is 5.82 Å². The van der Waals surface area contributed by atoms with Gasteiger partial charge in [-0.15, -0.1) is 0 Å². The first kappa shape index (κ1) is 8.95. The summed E-state index contributed by atoms with van der Waals surface area (Å²) >= 11 is 0. The van der Waals surface area contributed by atoms with Crippen molar-refractivity contribution in [1.29, 1.82) is 0 Å². The molecular formula is C7H10N4O3. The van der Waals surface area contributed by atoms with E-state index in [1.54, 1.807) is 7.05 Å². The molecular weight excluding hydrogens is 188 g/mol. The molecule has 2 heterocycles. The van der Waals surface area contributed by atoms with Gasteiger partial charge < -0.3 is 20.2 Å².